The molecule has 0 spiro atoms. The van der Waals surface area contributed by atoms with E-state index in [9.17, 15) is 19.2 Å². The summed E-state index contributed by atoms with van der Waals surface area (Å²) in [6, 6.07) is 11.9. The summed E-state index contributed by atoms with van der Waals surface area (Å²) in [6.45, 7) is 3.05. The molecule has 0 radical (unpaired) electrons. The fraction of sp³-hybridized carbons (Fsp3) is 0.360. The molecule has 2 aromatic rings. The van der Waals surface area contributed by atoms with E-state index in [-0.39, 0.29) is 12.3 Å². The van der Waals surface area contributed by atoms with Crippen LogP contribution < -0.4 is 15.5 Å². The molecule has 33 heavy (non-hydrogen) atoms. The number of urea groups is 1. The number of amides is 5. The Morgan fingerprint density at radius 2 is 1.85 bits per heavy atom. The lowest BCUT2D eigenvalue weighted by Gasteiger charge is -2.29. The zero-order chi connectivity index (χ0) is 23.3. The minimum absolute atomic E-state index is 0.118. The van der Waals surface area contributed by atoms with Crippen LogP contribution >= 0.6 is 0 Å². The molecular weight excluding hydrogens is 420 g/mol. The first-order chi connectivity index (χ1) is 15.8. The van der Waals surface area contributed by atoms with Gasteiger partial charge in [-0.15, -0.1) is 0 Å². The molecule has 1 aliphatic carbocycles. The van der Waals surface area contributed by atoms with Crippen molar-refractivity contribution < 1.29 is 19.2 Å². The van der Waals surface area contributed by atoms with Crippen molar-refractivity contribution in [1.29, 1.82) is 0 Å². The molecule has 2 aliphatic heterocycles. The highest BCUT2D eigenvalue weighted by atomic mass is 16.2. The normalized spacial score (nSPS) is 24.2. The van der Waals surface area contributed by atoms with E-state index >= 15 is 0 Å². The summed E-state index contributed by atoms with van der Waals surface area (Å²) in [7, 11) is 0. The van der Waals surface area contributed by atoms with Gasteiger partial charge in [0.25, 0.3) is 5.91 Å². The number of benzene rings is 2. The van der Waals surface area contributed by atoms with E-state index in [4.69, 9.17) is 0 Å². The Hall–Kier alpha value is -3.68. The molecule has 2 heterocycles. The standard InChI is InChI=1S/C25H26N4O4/c1-15-12-21(30)26-19-8-3-4-9-20(19)29(15)22(31)14-28-23(32)25(2,27-24(28)33)18-11-10-16-6-5-7-17(16)13-18/h3-4,8-11,13,15H,5-7,12,14H2,1-2H3,(H,26,30)(H,27,33)/t15-,25+/m1/s1. The maximum atomic E-state index is 13.4. The Labute approximate surface area is 191 Å². The Bertz CT molecular complexity index is 1190. The Balaban J connectivity index is 1.41. The molecule has 5 rings (SSSR count). The number of carbonyl (C=O) groups is 4. The Morgan fingerprint density at radius 3 is 2.67 bits per heavy atom. The molecule has 2 N–H and O–H groups in total. The van der Waals surface area contributed by atoms with Gasteiger partial charge in [-0.2, -0.15) is 0 Å². The predicted octanol–water partition coefficient (Wildman–Crippen LogP) is 2.71. The first kappa shape index (κ1) is 21.2. The van der Waals surface area contributed by atoms with Gasteiger partial charge in [-0.05, 0) is 61.9 Å². The van der Waals surface area contributed by atoms with E-state index in [1.54, 1.807) is 38.1 Å². The van der Waals surface area contributed by atoms with Crippen LogP contribution in [0, 0.1) is 0 Å². The van der Waals surface area contributed by atoms with Crippen molar-refractivity contribution in [2.75, 3.05) is 16.8 Å². The van der Waals surface area contributed by atoms with Crippen molar-refractivity contribution in [2.24, 2.45) is 0 Å². The first-order valence-corrected chi connectivity index (χ1v) is 11.3. The lowest BCUT2D eigenvalue weighted by Crippen LogP contribution is -2.47. The maximum absolute atomic E-state index is 13.4. The van der Waals surface area contributed by atoms with Crippen LogP contribution in [0.15, 0.2) is 42.5 Å². The average Bonchev–Trinajstić information content (AvgIpc) is 3.29. The van der Waals surface area contributed by atoms with Crippen molar-refractivity contribution >= 4 is 35.1 Å². The largest absolute Gasteiger partial charge is 0.325 e. The smallest absolute Gasteiger partial charge is 0.324 e. The van der Waals surface area contributed by atoms with Crippen LogP contribution in [0.1, 0.15) is 43.4 Å². The maximum Gasteiger partial charge on any atom is 0.325 e. The van der Waals surface area contributed by atoms with E-state index in [0.29, 0.717) is 11.4 Å². The van der Waals surface area contributed by atoms with Gasteiger partial charge in [0, 0.05) is 12.5 Å². The van der Waals surface area contributed by atoms with Crippen LogP contribution in [0.4, 0.5) is 16.2 Å². The van der Waals surface area contributed by atoms with Crippen LogP contribution in [0.2, 0.25) is 0 Å². The van der Waals surface area contributed by atoms with Crippen molar-refractivity contribution in [2.45, 2.75) is 51.1 Å². The molecule has 1 saturated heterocycles. The molecule has 2 atom stereocenters. The Morgan fingerprint density at radius 1 is 1.09 bits per heavy atom. The van der Waals surface area contributed by atoms with Gasteiger partial charge < -0.3 is 15.5 Å². The number of aryl methyl sites for hydroxylation is 2. The number of hydrogen-bond donors (Lipinski definition) is 2. The molecule has 0 bridgehead atoms. The third kappa shape index (κ3) is 3.46. The fourth-order valence-corrected chi connectivity index (χ4v) is 5.10. The van der Waals surface area contributed by atoms with E-state index in [2.05, 4.69) is 10.6 Å². The molecule has 0 saturated carbocycles. The van der Waals surface area contributed by atoms with Gasteiger partial charge in [-0.25, -0.2) is 4.79 Å². The summed E-state index contributed by atoms with van der Waals surface area (Å²) in [5.74, 6) is -1.07. The minimum Gasteiger partial charge on any atom is -0.324 e. The van der Waals surface area contributed by atoms with Crippen LogP contribution in [0.3, 0.4) is 0 Å². The van der Waals surface area contributed by atoms with Crippen molar-refractivity contribution in [3.8, 4) is 0 Å². The molecule has 8 nitrogen and oxygen atoms in total. The van der Waals surface area contributed by atoms with Gasteiger partial charge in [0.1, 0.15) is 12.1 Å². The first-order valence-electron chi connectivity index (χ1n) is 11.3. The molecule has 0 unspecified atom stereocenters. The molecule has 8 heteroatoms. The van der Waals surface area contributed by atoms with Gasteiger partial charge in [-0.3, -0.25) is 19.3 Å². The topological polar surface area (TPSA) is 98.8 Å². The van der Waals surface area contributed by atoms with Crippen molar-refractivity contribution in [3.05, 3.63) is 59.2 Å². The highest BCUT2D eigenvalue weighted by Crippen LogP contribution is 2.34. The van der Waals surface area contributed by atoms with Crippen LogP contribution in [-0.2, 0) is 32.8 Å². The lowest BCUT2D eigenvalue weighted by atomic mass is 9.89. The molecular formula is C25H26N4O4. The number of hydrogen-bond acceptors (Lipinski definition) is 4. The number of rotatable bonds is 3. The van der Waals surface area contributed by atoms with Crippen molar-refractivity contribution in [1.82, 2.24) is 10.2 Å². The molecule has 170 valence electrons. The average molecular weight is 447 g/mol. The summed E-state index contributed by atoms with van der Waals surface area (Å²) in [6.07, 6.45) is 3.19. The summed E-state index contributed by atoms with van der Waals surface area (Å²) in [4.78, 5) is 54.3. The molecule has 5 amide bonds. The zero-order valence-electron chi connectivity index (χ0n) is 18.7. The zero-order valence-corrected chi connectivity index (χ0v) is 18.7. The number of anilines is 2. The predicted molar refractivity (Wildman–Crippen MR) is 123 cm³/mol. The summed E-state index contributed by atoms with van der Waals surface area (Å²) >= 11 is 0. The van der Waals surface area contributed by atoms with E-state index in [1.165, 1.54) is 16.0 Å². The van der Waals surface area contributed by atoms with E-state index < -0.39 is 36.0 Å². The number of imide groups is 1. The van der Waals surface area contributed by atoms with Crippen LogP contribution in [0.25, 0.3) is 0 Å². The number of fused-ring (bicyclic) bond motifs is 2. The molecule has 3 aliphatic rings. The summed E-state index contributed by atoms with van der Waals surface area (Å²) in [5.41, 5.74) is 3.06. The third-order valence-corrected chi connectivity index (χ3v) is 6.87. The number of carbonyl (C=O) groups excluding carboxylic acids is 4. The summed E-state index contributed by atoms with van der Waals surface area (Å²) in [5, 5.41) is 5.61. The van der Waals surface area contributed by atoms with Crippen LogP contribution in [-0.4, -0.2) is 41.2 Å². The van der Waals surface area contributed by atoms with Crippen molar-refractivity contribution in [3.63, 3.8) is 0 Å². The highest BCUT2D eigenvalue weighted by molar-refractivity contribution is 6.12. The monoisotopic (exact) mass is 446 g/mol. The SMILES string of the molecule is C[C@@H]1CC(=O)Nc2ccccc2N1C(=O)CN1C(=O)N[C@@](C)(c2ccc3c(c2)CCC3)C1=O. The fourth-order valence-electron chi connectivity index (χ4n) is 5.10. The van der Waals surface area contributed by atoms with Gasteiger partial charge in [0.2, 0.25) is 11.8 Å². The van der Waals surface area contributed by atoms with Gasteiger partial charge >= 0.3 is 6.03 Å². The molecule has 0 aromatic heterocycles. The molecule has 2 aromatic carbocycles. The lowest BCUT2D eigenvalue weighted by molar-refractivity contribution is -0.134. The number of nitrogens with zero attached hydrogens (tertiary/aromatic N) is 2. The second-order valence-electron chi connectivity index (χ2n) is 9.17. The highest BCUT2D eigenvalue weighted by Gasteiger charge is 2.50. The van der Waals surface area contributed by atoms with Crippen LogP contribution in [0.5, 0.6) is 0 Å². The molecule has 1 fully saturated rings. The van der Waals surface area contributed by atoms with E-state index in [0.717, 1.165) is 29.7 Å². The van der Waals surface area contributed by atoms with Gasteiger partial charge in [0.15, 0.2) is 0 Å². The quantitative estimate of drug-likeness (QED) is 0.709. The minimum atomic E-state index is -1.23. The summed E-state index contributed by atoms with van der Waals surface area (Å²) < 4.78 is 0. The number of nitrogens with one attached hydrogen (secondary N) is 2. The van der Waals surface area contributed by atoms with Gasteiger partial charge in [0.05, 0.1) is 11.4 Å². The van der Waals surface area contributed by atoms with Gasteiger partial charge in [-0.1, -0.05) is 30.3 Å². The second-order valence-corrected chi connectivity index (χ2v) is 9.17. The number of para-hydroxylation sites is 2. The van der Waals surface area contributed by atoms with E-state index in [1.807, 2.05) is 18.2 Å². The Kier molecular flexibility index (Phi) is 4.96. The second kappa shape index (κ2) is 7.72. The third-order valence-electron chi connectivity index (χ3n) is 6.87.